The van der Waals surface area contributed by atoms with Crippen molar-refractivity contribution >= 4 is 6.09 Å². The predicted octanol–water partition coefficient (Wildman–Crippen LogP) is 2.96. The van der Waals surface area contributed by atoms with E-state index in [0.717, 1.165) is 22.9 Å². The summed E-state index contributed by atoms with van der Waals surface area (Å²) >= 11 is 0. The van der Waals surface area contributed by atoms with E-state index in [1.54, 1.807) is 12.3 Å². The van der Waals surface area contributed by atoms with E-state index < -0.39 is 11.9 Å². The van der Waals surface area contributed by atoms with Crippen molar-refractivity contribution in [1.82, 2.24) is 4.98 Å². The molecule has 2 rings (SSSR count). The molecule has 1 heterocycles. The number of ether oxygens (including phenoxy) is 1. The number of carbonyl (C=O) groups is 1. The molecule has 0 bridgehead atoms. The third-order valence-electron chi connectivity index (χ3n) is 2.78. The summed E-state index contributed by atoms with van der Waals surface area (Å²) < 4.78 is 18.7. The van der Waals surface area contributed by atoms with Gasteiger partial charge in [0.2, 0.25) is 0 Å². The van der Waals surface area contributed by atoms with Gasteiger partial charge in [0.05, 0.1) is 0 Å². The fourth-order valence-electron chi connectivity index (χ4n) is 1.98. The van der Waals surface area contributed by atoms with Crippen LogP contribution in [0.2, 0.25) is 0 Å². The van der Waals surface area contributed by atoms with Crippen LogP contribution >= 0.6 is 0 Å². The molecular formula is C14H13FN2O2. The second kappa shape index (κ2) is 5.06. The summed E-state index contributed by atoms with van der Waals surface area (Å²) in [7, 11) is 0. The molecule has 0 aliphatic heterocycles. The molecule has 0 aliphatic carbocycles. The van der Waals surface area contributed by atoms with Gasteiger partial charge in [-0.05, 0) is 37.6 Å². The minimum Gasteiger partial charge on any atom is -0.410 e. The van der Waals surface area contributed by atoms with Gasteiger partial charge in [-0.3, -0.25) is 4.98 Å². The number of carbonyl (C=O) groups excluding carboxylic acids is 1. The number of amides is 1. The molecule has 98 valence electrons. The van der Waals surface area contributed by atoms with Crippen LogP contribution in [-0.4, -0.2) is 11.1 Å². The normalized spacial score (nSPS) is 10.3. The molecule has 0 aliphatic rings. The molecule has 0 saturated carbocycles. The summed E-state index contributed by atoms with van der Waals surface area (Å²) in [4.78, 5) is 14.8. The second-order valence-corrected chi connectivity index (χ2v) is 4.15. The van der Waals surface area contributed by atoms with Gasteiger partial charge in [-0.25, -0.2) is 9.18 Å². The maximum Gasteiger partial charge on any atom is 0.409 e. The van der Waals surface area contributed by atoms with E-state index in [2.05, 4.69) is 9.72 Å². The third-order valence-corrected chi connectivity index (χ3v) is 2.78. The van der Waals surface area contributed by atoms with Gasteiger partial charge >= 0.3 is 6.09 Å². The van der Waals surface area contributed by atoms with E-state index in [1.165, 1.54) is 6.07 Å². The van der Waals surface area contributed by atoms with Crippen LogP contribution in [0.5, 0.6) is 5.75 Å². The highest BCUT2D eigenvalue weighted by Gasteiger charge is 2.12. The average Bonchev–Trinajstić information content (AvgIpc) is 2.30. The lowest BCUT2D eigenvalue weighted by Crippen LogP contribution is -2.16. The highest BCUT2D eigenvalue weighted by atomic mass is 19.1. The van der Waals surface area contributed by atoms with Crippen molar-refractivity contribution in [2.45, 2.75) is 13.8 Å². The van der Waals surface area contributed by atoms with Crippen LogP contribution < -0.4 is 10.5 Å². The van der Waals surface area contributed by atoms with Crippen molar-refractivity contribution < 1.29 is 13.9 Å². The van der Waals surface area contributed by atoms with Crippen LogP contribution in [0.4, 0.5) is 9.18 Å². The largest absolute Gasteiger partial charge is 0.410 e. The summed E-state index contributed by atoms with van der Waals surface area (Å²) in [6.07, 6.45) is 0.706. The van der Waals surface area contributed by atoms with E-state index >= 15 is 0 Å². The summed E-state index contributed by atoms with van der Waals surface area (Å²) in [5.41, 5.74) is 7.70. The fraction of sp³-hybridized carbons (Fsp3) is 0.143. The molecule has 19 heavy (non-hydrogen) atoms. The summed E-state index contributed by atoms with van der Waals surface area (Å²) in [5.74, 6) is -0.411. The first-order chi connectivity index (χ1) is 8.99. The topological polar surface area (TPSA) is 65.2 Å². The lowest BCUT2D eigenvalue weighted by molar-refractivity contribution is 0.210. The van der Waals surface area contributed by atoms with Gasteiger partial charge in [-0.15, -0.1) is 0 Å². The first kappa shape index (κ1) is 13.0. The van der Waals surface area contributed by atoms with Gasteiger partial charge in [-0.2, -0.15) is 0 Å². The van der Waals surface area contributed by atoms with Crippen molar-refractivity contribution in [2.24, 2.45) is 5.73 Å². The van der Waals surface area contributed by atoms with E-state index in [1.807, 2.05) is 19.9 Å². The van der Waals surface area contributed by atoms with Crippen LogP contribution in [0, 0.1) is 19.7 Å². The first-order valence-electron chi connectivity index (χ1n) is 5.68. The fourth-order valence-corrected chi connectivity index (χ4v) is 1.98. The smallest absolute Gasteiger partial charge is 0.409 e. The van der Waals surface area contributed by atoms with Gasteiger partial charge in [0, 0.05) is 29.1 Å². The Kier molecular flexibility index (Phi) is 3.46. The van der Waals surface area contributed by atoms with Crippen LogP contribution in [0.3, 0.4) is 0 Å². The molecule has 0 saturated heterocycles. The van der Waals surface area contributed by atoms with Gasteiger partial charge in [0.25, 0.3) is 0 Å². The van der Waals surface area contributed by atoms with Crippen LogP contribution in [-0.2, 0) is 0 Å². The van der Waals surface area contributed by atoms with Crippen molar-refractivity contribution in [1.29, 1.82) is 0 Å². The van der Waals surface area contributed by atoms with Gasteiger partial charge in [0.1, 0.15) is 11.6 Å². The van der Waals surface area contributed by atoms with Crippen molar-refractivity contribution in [3.8, 4) is 16.9 Å². The Morgan fingerprint density at radius 3 is 2.63 bits per heavy atom. The van der Waals surface area contributed by atoms with Crippen molar-refractivity contribution in [3.05, 3.63) is 47.5 Å². The number of hydrogen-bond donors (Lipinski definition) is 1. The number of nitrogens with two attached hydrogens (primary N) is 1. The maximum absolute atomic E-state index is 14.1. The monoisotopic (exact) mass is 260 g/mol. The number of rotatable bonds is 2. The highest BCUT2D eigenvalue weighted by Crippen LogP contribution is 2.30. The van der Waals surface area contributed by atoms with Crippen LogP contribution in [0.1, 0.15) is 11.3 Å². The number of pyridine rings is 1. The minimum atomic E-state index is -0.971. The third kappa shape index (κ3) is 2.70. The molecule has 5 heteroatoms. The maximum atomic E-state index is 14.1. The molecule has 2 N–H and O–H groups in total. The zero-order valence-corrected chi connectivity index (χ0v) is 10.6. The Morgan fingerprint density at radius 2 is 2.05 bits per heavy atom. The van der Waals surface area contributed by atoms with E-state index in [9.17, 15) is 9.18 Å². The Labute approximate surface area is 110 Å². The molecule has 0 radical (unpaired) electrons. The first-order valence-corrected chi connectivity index (χ1v) is 5.68. The zero-order valence-electron chi connectivity index (χ0n) is 10.6. The van der Waals surface area contributed by atoms with E-state index in [0.29, 0.717) is 5.56 Å². The number of nitrogens with zero attached hydrogens (tertiary/aromatic N) is 1. The Balaban J connectivity index is 2.49. The van der Waals surface area contributed by atoms with Gasteiger partial charge < -0.3 is 10.5 Å². The molecular weight excluding hydrogens is 247 g/mol. The summed E-state index contributed by atoms with van der Waals surface area (Å²) in [6.45, 7) is 3.70. The van der Waals surface area contributed by atoms with Crippen molar-refractivity contribution in [3.63, 3.8) is 0 Å². The SMILES string of the molecule is Cc1ccnc(C)c1-c1ccc(OC(N)=O)cc1F. The van der Waals surface area contributed by atoms with Crippen molar-refractivity contribution in [2.75, 3.05) is 0 Å². The number of benzene rings is 1. The molecule has 2 aromatic rings. The van der Waals surface area contributed by atoms with Gasteiger partial charge in [-0.1, -0.05) is 0 Å². The molecule has 0 spiro atoms. The molecule has 1 aromatic carbocycles. The Morgan fingerprint density at radius 1 is 1.32 bits per heavy atom. The Bertz CT molecular complexity index is 621. The standard InChI is InChI=1S/C14H13FN2O2/c1-8-5-6-17-9(2)13(8)11-4-3-10(7-12(11)15)19-14(16)18/h3-7H,1-2H3,(H2,16,18). The van der Waals surface area contributed by atoms with E-state index in [4.69, 9.17) is 5.73 Å². The molecule has 0 unspecified atom stereocenters. The number of aromatic nitrogens is 1. The van der Waals surface area contributed by atoms with Gasteiger partial charge in [0.15, 0.2) is 0 Å². The molecule has 1 amide bonds. The molecule has 0 atom stereocenters. The van der Waals surface area contributed by atoms with E-state index in [-0.39, 0.29) is 5.75 Å². The summed E-state index contributed by atoms with van der Waals surface area (Å²) in [5, 5.41) is 0. The Hall–Kier alpha value is -2.43. The van der Waals surface area contributed by atoms with Crippen LogP contribution in [0.25, 0.3) is 11.1 Å². The predicted molar refractivity (Wildman–Crippen MR) is 69.3 cm³/mol. The summed E-state index contributed by atoms with van der Waals surface area (Å²) in [6, 6.07) is 5.99. The average molecular weight is 260 g/mol. The molecule has 0 fully saturated rings. The molecule has 1 aromatic heterocycles. The minimum absolute atomic E-state index is 0.0768. The number of hydrogen-bond acceptors (Lipinski definition) is 3. The lowest BCUT2D eigenvalue weighted by Gasteiger charge is -2.11. The zero-order chi connectivity index (χ0) is 14.0. The van der Waals surface area contributed by atoms with Crippen LogP contribution in [0.15, 0.2) is 30.5 Å². The quantitative estimate of drug-likeness (QED) is 0.902. The highest BCUT2D eigenvalue weighted by molar-refractivity contribution is 5.72. The lowest BCUT2D eigenvalue weighted by atomic mass is 9.99. The number of primary amides is 1. The number of halogens is 1. The number of aryl methyl sites for hydroxylation is 2. The second-order valence-electron chi connectivity index (χ2n) is 4.15. The molecule has 4 nitrogen and oxygen atoms in total.